The summed E-state index contributed by atoms with van der Waals surface area (Å²) < 4.78 is 5.14. The fourth-order valence-electron chi connectivity index (χ4n) is 2.83. The summed E-state index contributed by atoms with van der Waals surface area (Å²) in [4.78, 5) is 24.5. The van der Waals surface area contributed by atoms with Crippen LogP contribution in [-0.4, -0.2) is 18.9 Å². The minimum absolute atomic E-state index is 0.0611. The van der Waals surface area contributed by atoms with Crippen molar-refractivity contribution in [2.45, 2.75) is 19.9 Å². The van der Waals surface area contributed by atoms with Gasteiger partial charge in [-0.1, -0.05) is 30.3 Å². The van der Waals surface area contributed by atoms with Crippen LogP contribution in [0.25, 0.3) is 0 Å². The Bertz CT molecular complexity index is 788. The largest absolute Gasteiger partial charge is 0.497 e. The van der Waals surface area contributed by atoms with E-state index in [0.717, 1.165) is 11.1 Å². The molecule has 25 heavy (non-hydrogen) atoms. The highest BCUT2D eigenvalue weighted by Crippen LogP contribution is 2.39. The molecule has 0 bridgehead atoms. The number of methoxy groups -OCH3 is 1. The molecule has 1 aliphatic rings. The Kier molecular flexibility index (Phi) is 5.03. The molecule has 1 fully saturated rings. The Balaban J connectivity index is 1.50. The van der Waals surface area contributed by atoms with E-state index in [1.807, 2.05) is 43.3 Å². The van der Waals surface area contributed by atoms with Gasteiger partial charge in [-0.25, -0.2) is 0 Å². The molecule has 5 heteroatoms. The fourth-order valence-corrected chi connectivity index (χ4v) is 2.83. The van der Waals surface area contributed by atoms with Crippen molar-refractivity contribution in [2.75, 3.05) is 12.4 Å². The number of carbonyl (C=O) groups excluding carboxylic acids is 2. The highest BCUT2D eigenvalue weighted by molar-refractivity contribution is 5.99. The second kappa shape index (κ2) is 7.38. The van der Waals surface area contributed by atoms with Gasteiger partial charge >= 0.3 is 0 Å². The van der Waals surface area contributed by atoms with Crippen LogP contribution < -0.4 is 15.4 Å². The molecule has 2 aromatic rings. The number of hydrogen-bond donors (Lipinski definition) is 2. The zero-order chi connectivity index (χ0) is 17.8. The van der Waals surface area contributed by atoms with Crippen LogP contribution in [0.2, 0.25) is 0 Å². The maximum absolute atomic E-state index is 12.3. The van der Waals surface area contributed by atoms with Gasteiger partial charge in [-0.15, -0.1) is 0 Å². The van der Waals surface area contributed by atoms with E-state index in [1.54, 1.807) is 19.2 Å². The van der Waals surface area contributed by atoms with Crippen LogP contribution in [0, 0.1) is 18.8 Å². The highest BCUT2D eigenvalue weighted by Gasteiger charge is 2.47. The monoisotopic (exact) mass is 338 g/mol. The first-order valence-corrected chi connectivity index (χ1v) is 8.35. The molecule has 1 aliphatic carbocycles. The molecule has 3 rings (SSSR count). The predicted octanol–water partition coefficient (Wildman–Crippen LogP) is 2.89. The van der Waals surface area contributed by atoms with E-state index in [1.165, 1.54) is 0 Å². The number of anilines is 1. The average molecular weight is 338 g/mol. The third-order valence-corrected chi connectivity index (χ3v) is 4.52. The zero-order valence-corrected chi connectivity index (χ0v) is 14.4. The molecule has 2 unspecified atom stereocenters. The standard InChI is InChI=1S/C20H22N2O3/c1-13-6-3-4-7-14(13)12-21-19(23)17-11-18(17)20(24)22-15-8-5-9-16(10-15)25-2/h3-10,17-18H,11-12H2,1-2H3,(H,21,23)(H,22,24). The number of nitrogens with one attached hydrogen (secondary N) is 2. The van der Waals surface area contributed by atoms with Gasteiger partial charge in [0.25, 0.3) is 0 Å². The van der Waals surface area contributed by atoms with Gasteiger partial charge in [0.1, 0.15) is 5.75 Å². The number of hydrogen-bond acceptors (Lipinski definition) is 3. The maximum atomic E-state index is 12.3. The summed E-state index contributed by atoms with van der Waals surface area (Å²) >= 11 is 0. The Hall–Kier alpha value is -2.82. The predicted molar refractivity (Wildman–Crippen MR) is 96.2 cm³/mol. The topological polar surface area (TPSA) is 67.4 Å². The van der Waals surface area contributed by atoms with Gasteiger partial charge in [0.2, 0.25) is 11.8 Å². The number of carbonyl (C=O) groups is 2. The molecule has 0 saturated heterocycles. The van der Waals surface area contributed by atoms with Crippen molar-refractivity contribution in [1.82, 2.24) is 5.32 Å². The van der Waals surface area contributed by atoms with E-state index in [0.29, 0.717) is 24.4 Å². The molecule has 0 heterocycles. The molecule has 0 aliphatic heterocycles. The molecule has 2 aromatic carbocycles. The van der Waals surface area contributed by atoms with Crippen molar-refractivity contribution >= 4 is 17.5 Å². The van der Waals surface area contributed by atoms with Crippen molar-refractivity contribution in [1.29, 1.82) is 0 Å². The number of amides is 2. The number of ether oxygens (including phenoxy) is 1. The summed E-state index contributed by atoms with van der Waals surface area (Å²) in [5.41, 5.74) is 2.91. The van der Waals surface area contributed by atoms with Crippen LogP contribution in [-0.2, 0) is 16.1 Å². The summed E-state index contributed by atoms with van der Waals surface area (Å²) in [5.74, 6) is -0.00263. The Morgan fingerprint density at radius 1 is 1.08 bits per heavy atom. The van der Waals surface area contributed by atoms with E-state index in [-0.39, 0.29) is 23.7 Å². The fraction of sp³-hybridized carbons (Fsp3) is 0.300. The molecule has 1 saturated carbocycles. The molecule has 5 nitrogen and oxygen atoms in total. The molecule has 2 atom stereocenters. The van der Waals surface area contributed by atoms with Gasteiger partial charge < -0.3 is 15.4 Å². The van der Waals surface area contributed by atoms with Crippen LogP contribution in [0.3, 0.4) is 0 Å². The van der Waals surface area contributed by atoms with Crippen LogP contribution >= 0.6 is 0 Å². The van der Waals surface area contributed by atoms with E-state index in [4.69, 9.17) is 4.74 Å². The molecular weight excluding hydrogens is 316 g/mol. The first-order chi connectivity index (χ1) is 12.1. The summed E-state index contributed by atoms with van der Waals surface area (Å²) in [5, 5.41) is 5.78. The van der Waals surface area contributed by atoms with Crippen molar-refractivity contribution in [3.63, 3.8) is 0 Å². The lowest BCUT2D eigenvalue weighted by Gasteiger charge is -2.08. The van der Waals surface area contributed by atoms with Gasteiger partial charge in [0.05, 0.1) is 18.9 Å². The van der Waals surface area contributed by atoms with Gasteiger partial charge in [-0.05, 0) is 36.6 Å². The van der Waals surface area contributed by atoms with E-state index in [9.17, 15) is 9.59 Å². The van der Waals surface area contributed by atoms with Crippen LogP contribution in [0.5, 0.6) is 5.75 Å². The maximum Gasteiger partial charge on any atom is 0.228 e. The highest BCUT2D eigenvalue weighted by atomic mass is 16.5. The van der Waals surface area contributed by atoms with Gasteiger partial charge in [0, 0.05) is 18.3 Å². The number of benzene rings is 2. The lowest BCUT2D eigenvalue weighted by atomic mass is 10.1. The molecule has 0 spiro atoms. The van der Waals surface area contributed by atoms with Crippen molar-refractivity contribution in [3.8, 4) is 5.75 Å². The Morgan fingerprint density at radius 2 is 1.84 bits per heavy atom. The van der Waals surface area contributed by atoms with Crippen LogP contribution in [0.1, 0.15) is 17.5 Å². The molecular formula is C20H22N2O3. The van der Waals surface area contributed by atoms with Crippen molar-refractivity contribution < 1.29 is 14.3 Å². The second-order valence-corrected chi connectivity index (χ2v) is 6.31. The first-order valence-electron chi connectivity index (χ1n) is 8.35. The van der Waals surface area contributed by atoms with Gasteiger partial charge in [0.15, 0.2) is 0 Å². The molecule has 0 radical (unpaired) electrons. The SMILES string of the molecule is COc1cccc(NC(=O)C2CC2C(=O)NCc2ccccc2C)c1. The van der Waals surface area contributed by atoms with Gasteiger partial charge in [-0.3, -0.25) is 9.59 Å². The van der Waals surface area contributed by atoms with E-state index < -0.39 is 0 Å². The lowest BCUT2D eigenvalue weighted by molar-refractivity contribution is -0.125. The van der Waals surface area contributed by atoms with Crippen molar-refractivity contribution in [3.05, 3.63) is 59.7 Å². The quantitative estimate of drug-likeness (QED) is 0.851. The minimum atomic E-state index is -0.261. The zero-order valence-electron chi connectivity index (χ0n) is 14.4. The third kappa shape index (κ3) is 4.18. The average Bonchev–Trinajstić information content (AvgIpc) is 3.42. The van der Waals surface area contributed by atoms with E-state index in [2.05, 4.69) is 10.6 Å². The van der Waals surface area contributed by atoms with Crippen LogP contribution in [0.4, 0.5) is 5.69 Å². The number of rotatable bonds is 6. The Labute approximate surface area is 147 Å². The molecule has 2 amide bonds. The lowest BCUT2D eigenvalue weighted by Crippen LogP contribution is -2.27. The smallest absolute Gasteiger partial charge is 0.228 e. The van der Waals surface area contributed by atoms with Crippen molar-refractivity contribution in [2.24, 2.45) is 11.8 Å². The summed E-state index contributed by atoms with van der Waals surface area (Å²) in [6.07, 6.45) is 0.593. The molecule has 2 N–H and O–H groups in total. The Morgan fingerprint density at radius 3 is 2.60 bits per heavy atom. The summed E-state index contributed by atoms with van der Waals surface area (Å²) in [6, 6.07) is 15.1. The summed E-state index contributed by atoms with van der Waals surface area (Å²) in [7, 11) is 1.58. The molecule has 0 aromatic heterocycles. The van der Waals surface area contributed by atoms with Gasteiger partial charge in [-0.2, -0.15) is 0 Å². The van der Waals surface area contributed by atoms with Crippen LogP contribution in [0.15, 0.2) is 48.5 Å². The van der Waals surface area contributed by atoms with E-state index >= 15 is 0 Å². The minimum Gasteiger partial charge on any atom is -0.497 e. The first kappa shape index (κ1) is 17.0. The summed E-state index contributed by atoms with van der Waals surface area (Å²) in [6.45, 7) is 2.51. The second-order valence-electron chi connectivity index (χ2n) is 6.31. The normalized spacial score (nSPS) is 18.3. The third-order valence-electron chi connectivity index (χ3n) is 4.52. The number of aryl methyl sites for hydroxylation is 1. The molecule has 130 valence electrons.